The van der Waals surface area contributed by atoms with Crippen LogP contribution in [0, 0.1) is 11.6 Å². The fourth-order valence-electron chi connectivity index (χ4n) is 2.00. The Labute approximate surface area is 133 Å². The van der Waals surface area contributed by atoms with Gasteiger partial charge in [0.2, 0.25) is 5.91 Å². The molecule has 2 rings (SSSR count). The van der Waals surface area contributed by atoms with Crippen molar-refractivity contribution in [3.05, 3.63) is 71.3 Å². The largest absolute Gasteiger partial charge is 0.494 e. The lowest BCUT2D eigenvalue weighted by Crippen LogP contribution is -2.23. The molecule has 120 valence electrons. The molecule has 3 nitrogen and oxygen atoms in total. The van der Waals surface area contributed by atoms with Gasteiger partial charge in [0, 0.05) is 12.6 Å². The Bertz CT molecular complexity index is 697. The molecule has 5 heteroatoms. The molecule has 0 saturated heterocycles. The summed E-state index contributed by atoms with van der Waals surface area (Å²) in [4.78, 5) is 11.7. The van der Waals surface area contributed by atoms with Crippen LogP contribution in [0.15, 0.2) is 48.5 Å². The van der Waals surface area contributed by atoms with Crippen molar-refractivity contribution in [3.8, 4) is 5.75 Å². The number of methoxy groups -OCH3 is 1. The van der Waals surface area contributed by atoms with E-state index in [-0.39, 0.29) is 17.5 Å². The van der Waals surface area contributed by atoms with Gasteiger partial charge in [0.05, 0.1) is 7.11 Å². The highest BCUT2D eigenvalue weighted by molar-refractivity contribution is 5.91. The van der Waals surface area contributed by atoms with Gasteiger partial charge in [0.25, 0.3) is 0 Å². The van der Waals surface area contributed by atoms with Gasteiger partial charge in [-0.15, -0.1) is 0 Å². The molecule has 23 heavy (non-hydrogen) atoms. The van der Waals surface area contributed by atoms with Crippen molar-refractivity contribution in [3.63, 3.8) is 0 Å². The fourth-order valence-corrected chi connectivity index (χ4v) is 2.00. The Hall–Kier alpha value is -2.69. The van der Waals surface area contributed by atoms with E-state index in [2.05, 4.69) is 5.32 Å². The highest BCUT2D eigenvalue weighted by Gasteiger charge is 2.02. The lowest BCUT2D eigenvalue weighted by molar-refractivity contribution is -0.116. The summed E-state index contributed by atoms with van der Waals surface area (Å²) in [6.45, 7) is 0.436. The zero-order chi connectivity index (χ0) is 16.7. The minimum absolute atomic E-state index is 0.158. The second-order valence-corrected chi connectivity index (χ2v) is 4.89. The first-order chi connectivity index (χ1) is 11.1. The predicted octanol–water partition coefficient (Wildman–Crippen LogP) is 3.35. The fraction of sp³-hybridized carbons (Fsp3) is 0.167. The summed E-state index contributed by atoms with van der Waals surface area (Å²) in [6.07, 6.45) is 3.47. The lowest BCUT2D eigenvalue weighted by atomic mass is 10.1. The summed E-state index contributed by atoms with van der Waals surface area (Å²) in [6, 6.07) is 10.6. The number of halogens is 2. The second kappa shape index (κ2) is 8.08. The van der Waals surface area contributed by atoms with Crippen LogP contribution in [0.4, 0.5) is 8.78 Å². The van der Waals surface area contributed by atoms with Gasteiger partial charge in [-0.25, -0.2) is 8.78 Å². The van der Waals surface area contributed by atoms with Crippen LogP contribution in [0.2, 0.25) is 0 Å². The quantitative estimate of drug-likeness (QED) is 0.830. The topological polar surface area (TPSA) is 38.3 Å². The molecule has 0 fully saturated rings. The van der Waals surface area contributed by atoms with Crippen LogP contribution in [-0.4, -0.2) is 19.6 Å². The first-order valence-corrected chi connectivity index (χ1v) is 7.12. The van der Waals surface area contributed by atoms with Crippen LogP contribution in [0.1, 0.15) is 11.1 Å². The zero-order valence-electron chi connectivity index (χ0n) is 12.7. The molecule has 1 N–H and O–H groups in total. The number of amides is 1. The smallest absolute Gasteiger partial charge is 0.244 e. The van der Waals surface area contributed by atoms with Crippen molar-refractivity contribution >= 4 is 12.0 Å². The minimum Gasteiger partial charge on any atom is -0.494 e. The number of nitrogens with one attached hydrogen (secondary N) is 1. The SMILES string of the molecule is COc1ccc(/C=C/C(=O)NCCc2ccc(F)cc2)cc1F. The average molecular weight is 317 g/mol. The van der Waals surface area contributed by atoms with Crippen molar-refractivity contribution < 1.29 is 18.3 Å². The van der Waals surface area contributed by atoms with Crippen LogP contribution in [0.25, 0.3) is 6.08 Å². The van der Waals surface area contributed by atoms with E-state index in [4.69, 9.17) is 4.74 Å². The Morgan fingerprint density at radius 3 is 2.57 bits per heavy atom. The van der Waals surface area contributed by atoms with E-state index < -0.39 is 5.82 Å². The molecule has 0 unspecified atom stereocenters. The Morgan fingerprint density at radius 2 is 1.91 bits per heavy atom. The van der Waals surface area contributed by atoms with Gasteiger partial charge in [-0.1, -0.05) is 18.2 Å². The van der Waals surface area contributed by atoms with Gasteiger partial charge in [0.1, 0.15) is 5.82 Å². The Balaban J connectivity index is 1.82. The molecule has 2 aromatic rings. The lowest BCUT2D eigenvalue weighted by Gasteiger charge is -2.03. The Morgan fingerprint density at radius 1 is 1.17 bits per heavy atom. The zero-order valence-corrected chi connectivity index (χ0v) is 12.7. The summed E-state index contributed by atoms with van der Waals surface area (Å²) in [7, 11) is 1.39. The molecule has 0 atom stereocenters. The van der Waals surface area contributed by atoms with E-state index in [1.165, 1.54) is 43.5 Å². The molecule has 0 aliphatic rings. The number of hydrogen-bond acceptors (Lipinski definition) is 2. The number of carbonyl (C=O) groups excluding carboxylic acids is 1. The van der Waals surface area contributed by atoms with E-state index in [9.17, 15) is 13.6 Å². The molecule has 0 bridgehead atoms. The standard InChI is InChI=1S/C18H17F2NO2/c1-23-17-8-4-14(12-16(17)20)5-9-18(22)21-11-10-13-2-6-15(19)7-3-13/h2-9,12H,10-11H2,1H3,(H,21,22)/b9-5+. The number of ether oxygens (including phenoxy) is 1. The maximum atomic E-state index is 13.5. The van der Waals surface area contributed by atoms with Gasteiger partial charge >= 0.3 is 0 Å². The van der Waals surface area contributed by atoms with Crippen LogP contribution in [0.3, 0.4) is 0 Å². The highest BCUT2D eigenvalue weighted by atomic mass is 19.1. The van der Waals surface area contributed by atoms with E-state index in [1.807, 2.05) is 0 Å². The van der Waals surface area contributed by atoms with Gasteiger partial charge in [-0.2, -0.15) is 0 Å². The van der Waals surface area contributed by atoms with Gasteiger partial charge < -0.3 is 10.1 Å². The third kappa shape index (κ3) is 5.21. The normalized spacial score (nSPS) is 10.7. The molecule has 0 saturated carbocycles. The van der Waals surface area contributed by atoms with Crippen molar-refractivity contribution in [1.82, 2.24) is 5.32 Å². The first-order valence-electron chi connectivity index (χ1n) is 7.12. The molecule has 2 aromatic carbocycles. The van der Waals surface area contributed by atoms with E-state index in [0.717, 1.165) is 5.56 Å². The van der Waals surface area contributed by atoms with E-state index in [0.29, 0.717) is 18.5 Å². The molecule has 0 heterocycles. The molecule has 0 aromatic heterocycles. The number of benzene rings is 2. The summed E-state index contributed by atoms with van der Waals surface area (Å²) >= 11 is 0. The number of carbonyl (C=O) groups is 1. The van der Waals surface area contributed by atoms with Crippen molar-refractivity contribution in [2.75, 3.05) is 13.7 Å². The van der Waals surface area contributed by atoms with Gasteiger partial charge in [-0.3, -0.25) is 4.79 Å². The molecular weight excluding hydrogens is 300 g/mol. The number of hydrogen-bond donors (Lipinski definition) is 1. The summed E-state index contributed by atoms with van der Waals surface area (Å²) < 4.78 is 31.1. The Kier molecular flexibility index (Phi) is 5.86. The maximum Gasteiger partial charge on any atom is 0.244 e. The maximum absolute atomic E-state index is 13.5. The molecule has 0 spiro atoms. The van der Waals surface area contributed by atoms with E-state index in [1.54, 1.807) is 18.2 Å². The van der Waals surface area contributed by atoms with Gasteiger partial charge in [-0.05, 0) is 47.9 Å². The molecule has 0 aliphatic heterocycles. The molecule has 0 aliphatic carbocycles. The van der Waals surface area contributed by atoms with E-state index >= 15 is 0 Å². The van der Waals surface area contributed by atoms with Crippen LogP contribution in [-0.2, 0) is 11.2 Å². The minimum atomic E-state index is -0.480. The van der Waals surface area contributed by atoms with Crippen molar-refractivity contribution in [1.29, 1.82) is 0 Å². The summed E-state index contributed by atoms with van der Waals surface area (Å²) in [5.74, 6) is -0.881. The summed E-state index contributed by atoms with van der Waals surface area (Å²) in [5, 5.41) is 2.72. The van der Waals surface area contributed by atoms with Crippen LogP contribution in [0.5, 0.6) is 5.75 Å². The third-order valence-corrected chi connectivity index (χ3v) is 3.23. The highest BCUT2D eigenvalue weighted by Crippen LogP contribution is 2.18. The van der Waals surface area contributed by atoms with Crippen LogP contribution < -0.4 is 10.1 Å². The first kappa shape index (κ1) is 16.7. The third-order valence-electron chi connectivity index (χ3n) is 3.23. The monoisotopic (exact) mass is 317 g/mol. The van der Waals surface area contributed by atoms with Gasteiger partial charge in [0.15, 0.2) is 11.6 Å². The molecular formula is C18H17F2NO2. The van der Waals surface area contributed by atoms with Crippen LogP contribution >= 0.6 is 0 Å². The second-order valence-electron chi connectivity index (χ2n) is 4.89. The molecule has 0 radical (unpaired) electrons. The summed E-state index contributed by atoms with van der Waals surface area (Å²) in [5.41, 5.74) is 1.50. The number of rotatable bonds is 6. The molecule has 1 amide bonds. The van der Waals surface area contributed by atoms with Crippen molar-refractivity contribution in [2.24, 2.45) is 0 Å². The van der Waals surface area contributed by atoms with Crippen molar-refractivity contribution in [2.45, 2.75) is 6.42 Å². The average Bonchev–Trinajstić information content (AvgIpc) is 2.55. The predicted molar refractivity (Wildman–Crippen MR) is 85.1 cm³/mol.